The van der Waals surface area contributed by atoms with Crippen LogP contribution < -0.4 is 10.5 Å². The van der Waals surface area contributed by atoms with Crippen molar-refractivity contribution >= 4 is 17.0 Å². The molecule has 0 saturated carbocycles. The standard InChI is InChI=1S/C17H22N6O/c1-4-11-7-15(22-17(18)21-11)14-10-20-16-13(14)8-12(9-19-16)24-6-5-23(2)3/h7-10H,4-6H2,1-3H3,(H,19,20)(H2,18,21,22). The largest absolute Gasteiger partial charge is 0.491 e. The van der Waals surface area contributed by atoms with Crippen LogP contribution in [-0.2, 0) is 6.42 Å². The average molecular weight is 326 g/mol. The lowest BCUT2D eigenvalue weighted by atomic mass is 10.1. The van der Waals surface area contributed by atoms with Crippen molar-refractivity contribution in [3.05, 3.63) is 30.2 Å². The Morgan fingerprint density at radius 3 is 2.83 bits per heavy atom. The van der Waals surface area contributed by atoms with Gasteiger partial charge in [0.25, 0.3) is 0 Å². The van der Waals surface area contributed by atoms with E-state index >= 15 is 0 Å². The highest BCUT2D eigenvalue weighted by Gasteiger charge is 2.12. The summed E-state index contributed by atoms with van der Waals surface area (Å²) in [5.41, 5.74) is 9.27. The first-order valence-electron chi connectivity index (χ1n) is 7.95. The third-order valence-corrected chi connectivity index (χ3v) is 3.75. The second-order valence-electron chi connectivity index (χ2n) is 5.88. The Kier molecular flexibility index (Phi) is 4.61. The number of pyridine rings is 1. The number of H-pyrrole nitrogens is 1. The second kappa shape index (κ2) is 6.84. The van der Waals surface area contributed by atoms with Crippen LogP contribution in [0.15, 0.2) is 24.5 Å². The van der Waals surface area contributed by atoms with Gasteiger partial charge in [-0.05, 0) is 32.6 Å². The van der Waals surface area contributed by atoms with E-state index in [2.05, 4.69) is 24.8 Å². The number of ether oxygens (including phenoxy) is 1. The van der Waals surface area contributed by atoms with Crippen molar-refractivity contribution in [2.24, 2.45) is 0 Å². The molecule has 7 nitrogen and oxygen atoms in total. The predicted octanol–water partition coefficient (Wildman–Crippen LogP) is 2.10. The minimum absolute atomic E-state index is 0.282. The van der Waals surface area contributed by atoms with E-state index in [9.17, 15) is 0 Å². The van der Waals surface area contributed by atoms with Crippen molar-refractivity contribution in [1.29, 1.82) is 0 Å². The Labute approximate surface area is 140 Å². The van der Waals surface area contributed by atoms with Gasteiger partial charge in [-0.2, -0.15) is 0 Å². The van der Waals surface area contributed by atoms with Gasteiger partial charge < -0.3 is 20.4 Å². The first-order chi connectivity index (χ1) is 11.6. The highest BCUT2D eigenvalue weighted by molar-refractivity contribution is 5.93. The van der Waals surface area contributed by atoms with Crippen molar-refractivity contribution in [3.63, 3.8) is 0 Å². The number of anilines is 1. The first-order valence-corrected chi connectivity index (χ1v) is 7.95. The molecule has 0 bridgehead atoms. The molecule has 7 heteroatoms. The molecule has 0 fully saturated rings. The van der Waals surface area contributed by atoms with Crippen LogP contribution in [0.4, 0.5) is 5.95 Å². The molecule has 3 rings (SSSR count). The van der Waals surface area contributed by atoms with Crippen molar-refractivity contribution in [2.75, 3.05) is 33.0 Å². The van der Waals surface area contributed by atoms with E-state index in [-0.39, 0.29) is 5.95 Å². The Bertz CT molecular complexity index is 842. The number of aromatic amines is 1. The van der Waals surface area contributed by atoms with Crippen LogP contribution in [0.2, 0.25) is 0 Å². The maximum atomic E-state index is 5.83. The van der Waals surface area contributed by atoms with Crippen LogP contribution in [0.3, 0.4) is 0 Å². The maximum Gasteiger partial charge on any atom is 0.220 e. The fourth-order valence-electron chi connectivity index (χ4n) is 2.46. The Morgan fingerprint density at radius 2 is 2.08 bits per heavy atom. The fraction of sp³-hybridized carbons (Fsp3) is 0.353. The number of hydrogen-bond donors (Lipinski definition) is 2. The lowest BCUT2D eigenvalue weighted by Crippen LogP contribution is -2.19. The van der Waals surface area contributed by atoms with Crippen LogP contribution in [0.25, 0.3) is 22.3 Å². The van der Waals surface area contributed by atoms with E-state index in [4.69, 9.17) is 10.5 Å². The molecule has 0 aliphatic carbocycles. The summed E-state index contributed by atoms with van der Waals surface area (Å²) in [7, 11) is 4.03. The number of aromatic nitrogens is 4. The Hall–Kier alpha value is -2.67. The zero-order valence-electron chi connectivity index (χ0n) is 14.2. The number of aryl methyl sites for hydroxylation is 1. The van der Waals surface area contributed by atoms with Crippen LogP contribution in [-0.4, -0.2) is 52.1 Å². The summed E-state index contributed by atoms with van der Waals surface area (Å²) < 4.78 is 5.78. The molecule has 0 unspecified atom stereocenters. The molecule has 0 aromatic carbocycles. The summed E-state index contributed by atoms with van der Waals surface area (Å²) in [6.07, 6.45) is 4.42. The molecule has 0 atom stereocenters. The molecular formula is C17H22N6O. The van der Waals surface area contributed by atoms with Crippen LogP contribution in [0.1, 0.15) is 12.6 Å². The molecule has 24 heavy (non-hydrogen) atoms. The Balaban J connectivity index is 1.95. The summed E-state index contributed by atoms with van der Waals surface area (Å²) in [6.45, 7) is 3.50. The van der Waals surface area contributed by atoms with Crippen molar-refractivity contribution in [3.8, 4) is 17.0 Å². The number of nitrogens with one attached hydrogen (secondary N) is 1. The number of nitrogens with zero attached hydrogens (tertiary/aromatic N) is 4. The number of nitrogens with two attached hydrogens (primary N) is 1. The van der Waals surface area contributed by atoms with Crippen molar-refractivity contribution in [2.45, 2.75) is 13.3 Å². The van der Waals surface area contributed by atoms with Crippen LogP contribution >= 0.6 is 0 Å². The highest BCUT2D eigenvalue weighted by atomic mass is 16.5. The third-order valence-electron chi connectivity index (χ3n) is 3.75. The van der Waals surface area contributed by atoms with Gasteiger partial charge in [-0.15, -0.1) is 0 Å². The topological polar surface area (TPSA) is 93.0 Å². The zero-order chi connectivity index (χ0) is 17.1. The highest BCUT2D eigenvalue weighted by Crippen LogP contribution is 2.29. The fourth-order valence-corrected chi connectivity index (χ4v) is 2.46. The predicted molar refractivity (Wildman–Crippen MR) is 95.0 cm³/mol. The molecule has 3 aromatic heterocycles. The number of hydrogen-bond acceptors (Lipinski definition) is 6. The van der Waals surface area contributed by atoms with Gasteiger partial charge in [0.1, 0.15) is 18.0 Å². The van der Waals surface area contributed by atoms with Gasteiger partial charge in [0.15, 0.2) is 0 Å². The van der Waals surface area contributed by atoms with Crippen molar-refractivity contribution in [1.82, 2.24) is 24.8 Å². The quantitative estimate of drug-likeness (QED) is 0.720. The van der Waals surface area contributed by atoms with Gasteiger partial charge in [0.05, 0.1) is 11.9 Å². The molecule has 0 spiro atoms. The minimum Gasteiger partial charge on any atom is -0.491 e. The van der Waals surface area contributed by atoms with Crippen molar-refractivity contribution < 1.29 is 4.74 Å². The van der Waals surface area contributed by atoms with E-state index in [0.29, 0.717) is 6.61 Å². The normalized spacial score (nSPS) is 11.3. The van der Waals surface area contributed by atoms with Crippen LogP contribution in [0, 0.1) is 0 Å². The van der Waals surface area contributed by atoms with E-state index in [1.54, 1.807) is 6.20 Å². The maximum absolute atomic E-state index is 5.83. The van der Waals surface area contributed by atoms with E-state index in [0.717, 1.165) is 46.7 Å². The Morgan fingerprint density at radius 1 is 1.25 bits per heavy atom. The van der Waals surface area contributed by atoms with Gasteiger partial charge in [0.2, 0.25) is 5.95 Å². The molecule has 0 radical (unpaired) electrons. The minimum atomic E-state index is 0.282. The lowest BCUT2D eigenvalue weighted by molar-refractivity contribution is 0.261. The third kappa shape index (κ3) is 3.46. The van der Waals surface area contributed by atoms with E-state index < -0.39 is 0 Å². The van der Waals surface area contributed by atoms with Gasteiger partial charge in [-0.3, -0.25) is 0 Å². The summed E-state index contributed by atoms with van der Waals surface area (Å²) >= 11 is 0. The smallest absolute Gasteiger partial charge is 0.220 e. The van der Waals surface area contributed by atoms with Gasteiger partial charge in [-0.25, -0.2) is 15.0 Å². The molecule has 126 valence electrons. The second-order valence-corrected chi connectivity index (χ2v) is 5.88. The van der Waals surface area contributed by atoms with E-state index in [1.165, 1.54) is 0 Å². The van der Waals surface area contributed by atoms with E-state index in [1.807, 2.05) is 39.3 Å². The molecule has 0 saturated heterocycles. The van der Waals surface area contributed by atoms with Crippen LogP contribution in [0.5, 0.6) is 5.75 Å². The summed E-state index contributed by atoms with van der Waals surface area (Å²) in [6, 6.07) is 3.94. The first kappa shape index (κ1) is 16.2. The molecule has 0 aliphatic heterocycles. The molecule has 3 aromatic rings. The SMILES string of the molecule is CCc1cc(-c2c[nH]c3ncc(OCCN(C)C)cc23)nc(N)n1. The number of rotatable bonds is 6. The number of fused-ring (bicyclic) bond motifs is 1. The lowest BCUT2D eigenvalue weighted by Gasteiger charge is -2.11. The van der Waals surface area contributed by atoms with Gasteiger partial charge >= 0.3 is 0 Å². The molecule has 3 N–H and O–H groups in total. The number of nitrogen functional groups attached to an aromatic ring is 1. The summed E-state index contributed by atoms with van der Waals surface area (Å²) in [4.78, 5) is 18.3. The number of likely N-dealkylation sites (N-methyl/N-ethyl adjacent to an activating group) is 1. The molecule has 3 heterocycles. The zero-order valence-corrected chi connectivity index (χ0v) is 14.2. The summed E-state index contributed by atoms with van der Waals surface area (Å²) in [5, 5.41) is 0.956. The molecule has 0 aliphatic rings. The van der Waals surface area contributed by atoms with Gasteiger partial charge in [-0.1, -0.05) is 6.92 Å². The van der Waals surface area contributed by atoms with Gasteiger partial charge in [0, 0.05) is 29.4 Å². The average Bonchev–Trinajstić information content (AvgIpc) is 2.97. The monoisotopic (exact) mass is 326 g/mol. The molecule has 0 amide bonds. The summed E-state index contributed by atoms with van der Waals surface area (Å²) in [5.74, 6) is 1.02. The molecular weight excluding hydrogens is 304 g/mol.